The van der Waals surface area contributed by atoms with E-state index in [2.05, 4.69) is 4.98 Å². The molecule has 0 spiro atoms. The van der Waals surface area contributed by atoms with E-state index in [1.54, 1.807) is 0 Å². The zero-order chi connectivity index (χ0) is 14.9. The highest BCUT2D eigenvalue weighted by atomic mass is 32.2. The van der Waals surface area contributed by atoms with Crippen molar-refractivity contribution in [2.75, 3.05) is 13.1 Å². The van der Waals surface area contributed by atoms with Crippen molar-refractivity contribution in [1.82, 2.24) is 14.3 Å². The van der Waals surface area contributed by atoms with Crippen molar-refractivity contribution in [3.8, 4) is 0 Å². The molecule has 0 amide bonds. The zero-order valence-electron chi connectivity index (χ0n) is 10.3. The van der Waals surface area contributed by atoms with Gasteiger partial charge in [0.2, 0.25) is 10.0 Å². The van der Waals surface area contributed by atoms with Crippen LogP contribution in [-0.4, -0.2) is 46.9 Å². The summed E-state index contributed by atoms with van der Waals surface area (Å²) in [6.07, 6.45) is 1.61. The van der Waals surface area contributed by atoms with Crippen LogP contribution in [0.25, 0.3) is 0 Å². The smallest absolute Gasteiger partial charge is 0.325 e. The highest BCUT2D eigenvalue weighted by Gasteiger charge is 2.34. The van der Waals surface area contributed by atoms with E-state index in [0.29, 0.717) is 12.8 Å². The van der Waals surface area contributed by atoms with E-state index in [1.807, 2.05) is 4.98 Å². The Hall–Kier alpha value is -1.94. The summed E-state index contributed by atoms with van der Waals surface area (Å²) in [6, 6.07) is 0. The summed E-state index contributed by atoms with van der Waals surface area (Å²) in [4.78, 5) is 36.7. The Labute approximate surface area is 113 Å². The van der Waals surface area contributed by atoms with Gasteiger partial charge < -0.3 is 10.1 Å². The lowest BCUT2D eigenvalue weighted by atomic mass is 10.0. The molecule has 1 aliphatic heterocycles. The van der Waals surface area contributed by atoms with Gasteiger partial charge in [0, 0.05) is 19.3 Å². The maximum absolute atomic E-state index is 12.3. The molecule has 0 saturated carbocycles. The topological polar surface area (TPSA) is 140 Å². The van der Waals surface area contributed by atoms with Crippen LogP contribution < -0.4 is 11.2 Å². The number of nitrogens with zero attached hydrogens (tertiary/aromatic N) is 1. The largest absolute Gasteiger partial charge is 0.481 e. The number of carboxylic acids is 1. The van der Waals surface area contributed by atoms with Gasteiger partial charge in [-0.05, 0) is 12.8 Å². The molecule has 1 saturated heterocycles. The summed E-state index contributed by atoms with van der Waals surface area (Å²) in [7, 11) is -4.12. The molecule has 1 fully saturated rings. The average molecular weight is 303 g/mol. The number of piperidine rings is 1. The number of sulfonamides is 1. The fraction of sp³-hybridized carbons (Fsp3) is 0.500. The lowest BCUT2D eigenvalue weighted by molar-refractivity contribution is -0.142. The Kier molecular flexibility index (Phi) is 3.77. The van der Waals surface area contributed by atoms with Gasteiger partial charge in [0.05, 0.1) is 5.92 Å². The molecule has 3 N–H and O–H groups in total. The maximum atomic E-state index is 12.3. The number of aromatic nitrogens is 2. The summed E-state index contributed by atoms with van der Waals surface area (Å²) in [5, 5.41) is 8.95. The van der Waals surface area contributed by atoms with Crippen molar-refractivity contribution in [2.24, 2.45) is 5.92 Å². The Morgan fingerprint density at radius 3 is 2.70 bits per heavy atom. The predicted octanol–water partition coefficient (Wildman–Crippen LogP) is -1.45. The van der Waals surface area contributed by atoms with Gasteiger partial charge in [-0.1, -0.05) is 0 Å². The van der Waals surface area contributed by atoms with Gasteiger partial charge in [-0.2, -0.15) is 4.31 Å². The number of H-pyrrole nitrogens is 2. The predicted molar refractivity (Wildman–Crippen MR) is 66.8 cm³/mol. The number of hydrogen-bond donors (Lipinski definition) is 3. The fourth-order valence-corrected chi connectivity index (χ4v) is 3.61. The summed E-state index contributed by atoms with van der Waals surface area (Å²) in [5.74, 6) is -1.86. The lowest BCUT2D eigenvalue weighted by Gasteiger charge is -2.29. The van der Waals surface area contributed by atoms with Crippen LogP contribution in [0.15, 0.2) is 20.7 Å². The first kappa shape index (κ1) is 14.5. The first-order valence-corrected chi connectivity index (χ1v) is 7.31. The number of aromatic amines is 2. The molecule has 1 aliphatic rings. The van der Waals surface area contributed by atoms with Crippen LogP contribution in [0, 0.1) is 5.92 Å². The minimum absolute atomic E-state index is 0.144. The minimum Gasteiger partial charge on any atom is -0.481 e. The van der Waals surface area contributed by atoms with Crippen LogP contribution in [0.3, 0.4) is 0 Å². The van der Waals surface area contributed by atoms with Gasteiger partial charge >= 0.3 is 11.7 Å². The third-order valence-electron chi connectivity index (χ3n) is 3.14. The molecular weight excluding hydrogens is 290 g/mol. The SMILES string of the molecule is O=C(O)C1CCCN(S(=O)(=O)c2c[nH]c(=O)[nH]c2=O)C1. The van der Waals surface area contributed by atoms with E-state index in [1.165, 1.54) is 0 Å². The first-order valence-electron chi connectivity index (χ1n) is 5.87. The molecule has 0 aliphatic carbocycles. The van der Waals surface area contributed by atoms with E-state index < -0.39 is 38.1 Å². The molecule has 10 heteroatoms. The molecule has 1 atom stereocenters. The van der Waals surface area contributed by atoms with Crippen molar-refractivity contribution in [2.45, 2.75) is 17.7 Å². The fourth-order valence-electron chi connectivity index (χ4n) is 2.09. The maximum Gasteiger partial charge on any atom is 0.325 e. The van der Waals surface area contributed by atoms with E-state index in [4.69, 9.17) is 5.11 Å². The van der Waals surface area contributed by atoms with Gasteiger partial charge in [-0.25, -0.2) is 13.2 Å². The number of rotatable bonds is 3. The molecule has 1 unspecified atom stereocenters. The van der Waals surface area contributed by atoms with Crippen LogP contribution in [0.2, 0.25) is 0 Å². The van der Waals surface area contributed by atoms with Crippen LogP contribution in [0.4, 0.5) is 0 Å². The Bertz CT molecular complexity index is 734. The molecule has 110 valence electrons. The van der Waals surface area contributed by atoms with Crippen molar-refractivity contribution < 1.29 is 18.3 Å². The molecule has 0 bridgehead atoms. The third-order valence-corrected chi connectivity index (χ3v) is 5.01. The van der Waals surface area contributed by atoms with Crippen molar-refractivity contribution >= 4 is 16.0 Å². The van der Waals surface area contributed by atoms with Crippen LogP contribution in [-0.2, 0) is 14.8 Å². The lowest BCUT2D eigenvalue weighted by Crippen LogP contribution is -2.44. The molecule has 20 heavy (non-hydrogen) atoms. The van der Waals surface area contributed by atoms with E-state index in [0.717, 1.165) is 10.5 Å². The molecule has 1 aromatic rings. The highest BCUT2D eigenvalue weighted by Crippen LogP contribution is 2.21. The molecular formula is C10H13N3O6S. The van der Waals surface area contributed by atoms with Crippen molar-refractivity contribution in [3.05, 3.63) is 27.0 Å². The normalized spacial score (nSPS) is 20.7. The number of carboxylic acid groups (broad SMARTS) is 1. The van der Waals surface area contributed by atoms with Crippen molar-refractivity contribution in [3.63, 3.8) is 0 Å². The number of hydrogen-bond acceptors (Lipinski definition) is 5. The van der Waals surface area contributed by atoms with Gasteiger partial charge in [0.15, 0.2) is 4.90 Å². The second kappa shape index (κ2) is 5.21. The molecule has 2 rings (SSSR count). The van der Waals surface area contributed by atoms with Gasteiger partial charge in [0.25, 0.3) is 5.56 Å². The Morgan fingerprint density at radius 2 is 2.10 bits per heavy atom. The van der Waals surface area contributed by atoms with Gasteiger partial charge in [0.1, 0.15) is 0 Å². The zero-order valence-corrected chi connectivity index (χ0v) is 11.1. The summed E-state index contributed by atoms with van der Waals surface area (Å²) in [6.45, 7) is -0.0408. The Morgan fingerprint density at radius 1 is 1.40 bits per heavy atom. The standard InChI is InChI=1S/C10H13N3O6S/c14-8-7(4-11-10(17)12-8)20(18,19)13-3-1-2-6(5-13)9(15)16/h4,6H,1-3,5H2,(H,15,16)(H2,11,12,14,17). The summed E-state index contributed by atoms with van der Waals surface area (Å²) < 4.78 is 25.5. The molecule has 9 nitrogen and oxygen atoms in total. The van der Waals surface area contributed by atoms with Gasteiger partial charge in [-0.15, -0.1) is 0 Å². The van der Waals surface area contributed by atoms with Crippen LogP contribution in [0.5, 0.6) is 0 Å². The Balaban J connectivity index is 2.37. The number of nitrogens with one attached hydrogen (secondary N) is 2. The quantitative estimate of drug-likeness (QED) is 0.624. The van der Waals surface area contributed by atoms with E-state index in [-0.39, 0.29) is 13.1 Å². The monoisotopic (exact) mass is 303 g/mol. The molecule has 2 heterocycles. The van der Waals surface area contributed by atoms with Crippen LogP contribution in [0.1, 0.15) is 12.8 Å². The van der Waals surface area contributed by atoms with Crippen LogP contribution >= 0.6 is 0 Å². The second-order valence-electron chi connectivity index (χ2n) is 4.48. The van der Waals surface area contributed by atoms with E-state index in [9.17, 15) is 22.8 Å². The molecule has 0 radical (unpaired) electrons. The van der Waals surface area contributed by atoms with Gasteiger partial charge in [-0.3, -0.25) is 14.6 Å². The molecule has 1 aromatic heterocycles. The summed E-state index contributed by atoms with van der Waals surface area (Å²) >= 11 is 0. The first-order chi connectivity index (χ1) is 9.32. The third kappa shape index (κ3) is 2.65. The van der Waals surface area contributed by atoms with E-state index >= 15 is 0 Å². The average Bonchev–Trinajstić information content (AvgIpc) is 2.38. The second-order valence-corrected chi connectivity index (χ2v) is 6.38. The number of carbonyl (C=O) groups is 1. The number of aliphatic carboxylic acids is 1. The highest BCUT2D eigenvalue weighted by molar-refractivity contribution is 7.89. The summed E-state index contributed by atoms with van der Waals surface area (Å²) in [5.41, 5.74) is -1.83. The molecule has 0 aromatic carbocycles. The van der Waals surface area contributed by atoms with Crippen molar-refractivity contribution in [1.29, 1.82) is 0 Å². The minimum atomic E-state index is -4.12.